The minimum Gasteiger partial charge on any atom is -0.660 e. The first kappa shape index (κ1) is 83.6. The van der Waals surface area contributed by atoms with Crippen LogP contribution in [-0.4, -0.2) is 192 Å². The predicted molar refractivity (Wildman–Crippen MR) is 402 cm³/mol. The molecule has 6 aliphatic carbocycles. The number of carboxylic acids is 1. The van der Waals surface area contributed by atoms with E-state index in [9.17, 15) is 28.8 Å². The van der Waals surface area contributed by atoms with Crippen molar-refractivity contribution >= 4 is 45.9 Å². The van der Waals surface area contributed by atoms with Crippen molar-refractivity contribution in [3.05, 3.63) is 172 Å². The molecule has 0 radical (unpaired) electrons. The SMILES string of the molecule is CC(=O)C1=CCCCC1.CC(=O)C1CCCCC1N1CCN(Cc2ccccc2)CC1.CC(=O)C1CCCC[C@H]1N1CCN(Cc2ccccc2)CC1.CC(=O)C1CCCC[C@H]1N1CCNCC1.O=C(Cl)C1=CC=CC=[C+]1.O=C(O)C1=CCCCC1.[Li+].c1ccc(CN2CC[N-]CC2)cc1. The topological polar surface area (TPSA) is 168 Å². The molecule has 4 aliphatic heterocycles. The van der Waals surface area contributed by atoms with Crippen LogP contribution in [0.15, 0.2) is 144 Å². The summed E-state index contributed by atoms with van der Waals surface area (Å²) < 4.78 is 0. The number of hydrogen-bond acceptors (Lipinski definition) is 13. The van der Waals surface area contributed by atoms with Gasteiger partial charge in [0, 0.05) is 176 Å². The molecule has 3 aromatic carbocycles. The molecule has 100 heavy (non-hydrogen) atoms. The fraction of sp³-hybridized carbons (Fsp3) is 0.590. The van der Waals surface area contributed by atoms with E-state index in [1.165, 1.54) is 87.3 Å². The Hall–Kier alpha value is -5.34. The van der Waals surface area contributed by atoms with Crippen molar-refractivity contribution in [3.8, 4) is 0 Å². The Morgan fingerprint density at radius 2 is 0.840 bits per heavy atom. The summed E-state index contributed by atoms with van der Waals surface area (Å²) in [7, 11) is 0. The number of rotatable bonds is 15. The minimum atomic E-state index is -0.741. The smallest absolute Gasteiger partial charge is 0.660 e. The molecule has 17 heteroatoms. The molecular formula is C83H119ClLiN8O7+. The van der Waals surface area contributed by atoms with Crippen molar-refractivity contribution < 1.29 is 52.7 Å². The Morgan fingerprint density at radius 3 is 1.14 bits per heavy atom. The van der Waals surface area contributed by atoms with Gasteiger partial charge in [-0.1, -0.05) is 142 Å². The number of allylic oxidation sites excluding steroid dienone is 9. The second kappa shape index (κ2) is 47.8. The van der Waals surface area contributed by atoms with Gasteiger partial charge in [0.15, 0.2) is 5.78 Å². The van der Waals surface area contributed by atoms with Crippen molar-refractivity contribution in [3.63, 3.8) is 0 Å². The van der Waals surface area contributed by atoms with Crippen molar-refractivity contribution in [1.29, 1.82) is 0 Å². The van der Waals surface area contributed by atoms with E-state index in [-0.39, 0.29) is 36.5 Å². The molecule has 7 fully saturated rings. The maximum Gasteiger partial charge on any atom is 1.00 e. The summed E-state index contributed by atoms with van der Waals surface area (Å²) in [6.45, 7) is 27.8. The van der Waals surface area contributed by atoms with Crippen LogP contribution in [0.25, 0.3) is 5.32 Å². The Bertz CT molecular complexity index is 2920. The van der Waals surface area contributed by atoms with Gasteiger partial charge in [-0.15, -0.1) is 13.1 Å². The van der Waals surface area contributed by atoms with Gasteiger partial charge >= 0.3 is 30.1 Å². The van der Waals surface area contributed by atoms with Gasteiger partial charge < -0.3 is 20.6 Å². The van der Waals surface area contributed by atoms with Gasteiger partial charge in [-0.2, -0.15) is 0 Å². The second-order valence-electron chi connectivity index (χ2n) is 28.4. The van der Waals surface area contributed by atoms with E-state index in [0.717, 1.165) is 188 Å². The average molecular weight is 1380 g/mol. The van der Waals surface area contributed by atoms with Gasteiger partial charge in [0.05, 0.1) is 6.08 Å². The minimum absolute atomic E-state index is 0. The number of carbonyl (C=O) groups is 6. The number of aliphatic carboxylic acids is 1. The fourth-order valence-electron chi connectivity index (χ4n) is 15.6. The number of hydrogen-bond donors (Lipinski definition) is 2. The fourth-order valence-corrected chi connectivity index (χ4v) is 15.7. The number of ketones is 4. The number of carboxylic acid groups (broad SMARTS) is 1. The zero-order valence-electron chi connectivity index (χ0n) is 61.6. The Labute approximate surface area is 618 Å². The maximum absolute atomic E-state index is 11.9. The van der Waals surface area contributed by atoms with E-state index in [0.29, 0.717) is 52.5 Å². The summed E-state index contributed by atoms with van der Waals surface area (Å²) in [5, 5.41) is 15.7. The first-order valence-electron chi connectivity index (χ1n) is 37.8. The molecule has 15 nitrogen and oxygen atoms in total. The van der Waals surface area contributed by atoms with Crippen LogP contribution in [0, 0.1) is 23.8 Å². The van der Waals surface area contributed by atoms with Crippen molar-refractivity contribution in [2.75, 3.05) is 105 Å². The number of nitrogens with one attached hydrogen (secondary N) is 1. The van der Waals surface area contributed by atoms with Crippen LogP contribution in [0.3, 0.4) is 0 Å². The number of Topliss-reactive ketones (excluding diaryl/α,β-unsaturated/α-hetero) is 4. The summed E-state index contributed by atoms with van der Waals surface area (Å²) in [5.74, 6) is 1.61. The van der Waals surface area contributed by atoms with Crippen molar-refractivity contribution in [1.82, 2.24) is 34.7 Å². The van der Waals surface area contributed by atoms with Crippen LogP contribution < -0.4 is 24.2 Å². The molecule has 10 aliphatic rings. The van der Waals surface area contributed by atoms with Crippen molar-refractivity contribution in [2.45, 2.75) is 194 Å². The van der Waals surface area contributed by atoms with Gasteiger partial charge in [0.1, 0.15) is 17.3 Å². The second-order valence-corrected chi connectivity index (χ2v) is 28.7. The van der Waals surface area contributed by atoms with E-state index in [2.05, 4.69) is 143 Å². The zero-order valence-corrected chi connectivity index (χ0v) is 62.3. The van der Waals surface area contributed by atoms with Crippen LogP contribution >= 0.6 is 11.6 Å². The van der Waals surface area contributed by atoms with Crippen LogP contribution in [0.5, 0.6) is 0 Å². The standard InChI is InChI=1S/2C19H28N2O.C12H22N2O.C11H15N2.C8H12O.C7H4ClO.C7H10O2.Li/c2*1-16(22)18-9-5-6-10-19(18)21-13-11-20(12-14-21)15-17-7-3-2-4-8-17;1-10(15)11-4-2-3-5-12(11)14-8-6-13-7-9-14;1-2-4-11(5-3-1)10-13-8-6-12-7-9-13;1-7(9)8-5-3-2-4-6-8;2*8-7(9)6-4-2-1-3-5-6;/h2*2-4,7-8,18-19H,5-6,9-15H2,1H3;11-13H,2-9H2,1H3;1-5H,6-10H2;5H,2-4,6H2,1H3;1-4H;4H,1-3,5H2,(H,8,9);/q;;;-1;;+1;;+1/t18?,19-;;11?,12-;;;;;/m1.1...../s1. The summed E-state index contributed by atoms with van der Waals surface area (Å²) in [6, 6.07) is 33.6. The van der Waals surface area contributed by atoms with Gasteiger partial charge in [-0.25, -0.2) is 9.59 Å². The average Bonchev–Trinajstić information content (AvgIpc) is 0.935. The van der Waals surface area contributed by atoms with Gasteiger partial charge in [0.25, 0.3) is 0 Å². The van der Waals surface area contributed by atoms with Crippen molar-refractivity contribution in [2.24, 2.45) is 17.8 Å². The van der Waals surface area contributed by atoms with Gasteiger partial charge in [0.2, 0.25) is 5.57 Å². The summed E-state index contributed by atoms with van der Waals surface area (Å²) >= 11 is 5.13. The molecule has 4 heterocycles. The van der Waals surface area contributed by atoms with Gasteiger partial charge in [-0.05, 0) is 153 Å². The predicted octanol–water partition coefficient (Wildman–Crippen LogP) is 11.1. The molecule has 4 unspecified atom stereocenters. The summed E-state index contributed by atoms with van der Waals surface area (Å²) in [4.78, 5) is 82.1. The third-order valence-corrected chi connectivity index (χ3v) is 21.5. The van der Waals surface area contributed by atoms with Gasteiger partial charge in [-0.3, -0.25) is 43.7 Å². The molecule has 13 rings (SSSR count). The molecule has 3 saturated carbocycles. The third kappa shape index (κ3) is 30.5. The molecule has 0 spiro atoms. The van der Waals surface area contributed by atoms with Crippen LogP contribution in [0.2, 0.25) is 0 Å². The summed E-state index contributed by atoms with van der Waals surface area (Å²) in [6.07, 6.45) is 36.4. The molecule has 6 atom stereocenters. The maximum atomic E-state index is 11.9. The van der Waals surface area contributed by atoms with E-state index in [4.69, 9.17) is 16.7 Å². The molecular weight excluding hydrogens is 1260 g/mol. The normalized spacial score (nSPS) is 24.4. The quantitative estimate of drug-likeness (QED) is 0.0838. The Kier molecular flexibility index (Phi) is 40.0. The van der Waals surface area contributed by atoms with Crippen LogP contribution in [0.1, 0.15) is 173 Å². The van der Waals surface area contributed by atoms with Crippen LogP contribution in [0.4, 0.5) is 0 Å². The van der Waals surface area contributed by atoms with E-state index < -0.39 is 11.2 Å². The number of benzene rings is 3. The molecule has 0 amide bonds. The number of nitrogens with zero attached hydrogens (tertiary/aromatic N) is 7. The van der Waals surface area contributed by atoms with E-state index in [1.807, 2.05) is 6.08 Å². The zero-order chi connectivity index (χ0) is 70.4. The Balaban J connectivity index is 0.000000189. The number of carbonyl (C=O) groups excluding carboxylic acids is 5. The Morgan fingerprint density at radius 1 is 0.470 bits per heavy atom. The molecule has 3 aromatic rings. The molecule has 540 valence electrons. The monoisotopic (exact) mass is 1380 g/mol. The van der Waals surface area contributed by atoms with E-state index in [1.54, 1.807) is 52.0 Å². The number of halogens is 1. The summed E-state index contributed by atoms with van der Waals surface area (Å²) in [5.41, 5.74) is 6.26. The third-order valence-electron chi connectivity index (χ3n) is 21.3. The molecule has 0 aromatic heterocycles. The first-order chi connectivity index (χ1) is 48.1. The molecule has 4 saturated heterocycles. The number of piperazine rings is 4. The molecule has 2 N–H and O–H groups in total. The first-order valence-corrected chi connectivity index (χ1v) is 38.2. The molecule has 0 bridgehead atoms. The van der Waals surface area contributed by atoms with E-state index >= 15 is 0 Å². The van der Waals surface area contributed by atoms with Crippen LogP contribution in [-0.2, 0) is 48.4 Å². The largest absolute Gasteiger partial charge is 1.00 e.